The van der Waals surface area contributed by atoms with Crippen LogP contribution >= 0.6 is 27.5 Å². The molecule has 1 amide bonds. The molecule has 2 saturated heterocycles. The van der Waals surface area contributed by atoms with E-state index in [1.54, 1.807) is 11.1 Å². The maximum atomic E-state index is 12.0. The fourth-order valence-corrected chi connectivity index (χ4v) is 6.62. The fourth-order valence-electron chi connectivity index (χ4n) is 5.95. The van der Waals surface area contributed by atoms with Gasteiger partial charge in [-0.15, -0.1) is 5.10 Å². The summed E-state index contributed by atoms with van der Waals surface area (Å²) >= 11 is 10.0. The molecule has 6 rings (SSSR count). The van der Waals surface area contributed by atoms with Crippen LogP contribution < -0.4 is 4.74 Å². The topological polar surface area (TPSA) is 96.6 Å². The van der Waals surface area contributed by atoms with Gasteiger partial charge in [-0.05, 0) is 64.7 Å². The van der Waals surface area contributed by atoms with Crippen molar-refractivity contribution >= 4 is 44.7 Å². The van der Waals surface area contributed by atoms with Crippen LogP contribution in [0.25, 0.3) is 11.0 Å². The molecule has 196 valence electrons. The third-order valence-electron chi connectivity index (χ3n) is 8.28. The Morgan fingerprint density at radius 1 is 1.32 bits per heavy atom. The molecule has 2 aromatic heterocycles. The van der Waals surface area contributed by atoms with Gasteiger partial charge in [0.2, 0.25) is 5.88 Å². The molecule has 0 radical (unpaired) electrons. The van der Waals surface area contributed by atoms with Crippen LogP contribution in [0.15, 0.2) is 28.9 Å². The molecule has 1 aromatic carbocycles. The van der Waals surface area contributed by atoms with Gasteiger partial charge >= 0.3 is 6.09 Å². The summed E-state index contributed by atoms with van der Waals surface area (Å²) in [7, 11) is 0. The van der Waals surface area contributed by atoms with Crippen LogP contribution in [0.1, 0.15) is 45.6 Å². The number of hydrogen-bond acceptors (Lipinski definition) is 6. The molecule has 0 unspecified atom stereocenters. The monoisotopic (exact) mass is 588 g/mol. The molecule has 37 heavy (non-hydrogen) atoms. The molecule has 9 nitrogen and oxygen atoms in total. The molecule has 1 N–H and O–H groups in total. The molecular formula is C26H30BrClN6O3. The third-order valence-corrected chi connectivity index (χ3v) is 9.25. The maximum absolute atomic E-state index is 12.0. The highest BCUT2D eigenvalue weighted by Crippen LogP contribution is 2.51. The molecule has 3 aromatic rings. The van der Waals surface area contributed by atoms with Crippen molar-refractivity contribution < 1.29 is 14.6 Å². The lowest BCUT2D eigenvalue weighted by atomic mass is 9.73. The van der Waals surface area contributed by atoms with Crippen LogP contribution in [0.2, 0.25) is 5.02 Å². The molecule has 2 aliphatic heterocycles. The van der Waals surface area contributed by atoms with Crippen LogP contribution in [0.3, 0.4) is 0 Å². The molecule has 2 atom stereocenters. The zero-order valence-corrected chi connectivity index (χ0v) is 23.5. The van der Waals surface area contributed by atoms with Crippen molar-refractivity contribution in [3.63, 3.8) is 0 Å². The second-order valence-corrected chi connectivity index (χ2v) is 12.8. The smallest absolute Gasteiger partial charge is 0.407 e. The fraction of sp³-hybridized carbons (Fsp3) is 0.538. The first kappa shape index (κ1) is 24.9. The predicted octanol–water partition coefficient (Wildman–Crippen LogP) is 5.80. The van der Waals surface area contributed by atoms with E-state index in [9.17, 15) is 9.90 Å². The minimum absolute atomic E-state index is 0.131. The van der Waals surface area contributed by atoms with E-state index in [4.69, 9.17) is 16.3 Å². The van der Waals surface area contributed by atoms with Gasteiger partial charge in [0.15, 0.2) is 0 Å². The van der Waals surface area contributed by atoms with Crippen LogP contribution in [0, 0.1) is 11.3 Å². The van der Waals surface area contributed by atoms with Crippen molar-refractivity contribution in [3.8, 4) is 11.6 Å². The summed E-state index contributed by atoms with van der Waals surface area (Å²) in [5.41, 5.74) is 1.95. The molecule has 2 bridgehead atoms. The lowest BCUT2D eigenvalue weighted by Crippen LogP contribution is -2.61. The zero-order valence-electron chi connectivity index (χ0n) is 21.1. The number of halogens is 2. The van der Waals surface area contributed by atoms with Gasteiger partial charge < -0.3 is 9.84 Å². The van der Waals surface area contributed by atoms with Crippen LogP contribution in [0.4, 0.5) is 4.79 Å². The quantitative estimate of drug-likeness (QED) is 0.388. The van der Waals surface area contributed by atoms with Crippen molar-refractivity contribution in [2.24, 2.45) is 11.3 Å². The van der Waals surface area contributed by atoms with E-state index in [1.807, 2.05) is 22.9 Å². The summed E-state index contributed by atoms with van der Waals surface area (Å²) in [6, 6.07) is 5.91. The number of pyridine rings is 1. The number of likely N-dealkylation sites (tertiary alicyclic amines) is 2. The molecule has 1 saturated carbocycles. The van der Waals surface area contributed by atoms with Crippen LogP contribution in [-0.4, -0.2) is 65.6 Å². The number of benzene rings is 1. The van der Waals surface area contributed by atoms with Gasteiger partial charge in [0.05, 0.1) is 20.6 Å². The number of nitrogens with zero attached hydrogens (tertiary/aromatic N) is 6. The minimum atomic E-state index is -0.847. The third kappa shape index (κ3) is 4.27. The van der Waals surface area contributed by atoms with Gasteiger partial charge in [-0.3, -0.25) is 9.80 Å². The van der Waals surface area contributed by atoms with E-state index < -0.39 is 11.6 Å². The Morgan fingerprint density at radius 2 is 2.11 bits per heavy atom. The SMILES string of the molecule is CC(C)(C)[C@@]12C[C@H](CN1C(=O)O)N(Cc1cc(Cl)cnc1Oc1ccc3c(nnn3CC3CC3)c1Br)C2. The van der Waals surface area contributed by atoms with Gasteiger partial charge in [-0.2, -0.15) is 0 Å². The van der Waals surface area contributed by atoms with E-state index in [0.29, 0.717) is 42.2 Å². The van der Waals surface area contributed by atoms with Crippen molar-refractivity contribution in [3.05, 3.63) is 39.5 Å². The molecule has 1 aliphatic carbocycles. The average molecular weight is 590 g/mol. The summed E-state index contributed by atoms with van der Waals surface area (Å²) in [5, 5.41) is 19.1. The molecule has 3 aliphatic rings. The molecule has 11 heteroatoms. The van der Waals surface area contributed by atoms with Gasteiger partial charge in [-0.1, -0.05) is 37.6 Å². The normalized spacial score (nSPS) is 23.8. The lowest BCUT2D eigenvalue weighted by Gasteiger charge is -2.48. The number of ether oxygens (including phenoxy) is 1. The zero-order chi connectivity index (χ0) is 26.1. The lowest BCUT2D eigenvalue weighted by molar-refractivity contribution is 0.000756. The highest BCUT2D eigenvalue weighted by molar-refractivity contribution is 9.10. The number of rotatable bonds is 6. The van der Waals surface area contributed by atoms with E-state index in [-0.39, 0.29) is 11.5 Å². The second kappa shape index (κ2) is 8.81. The number of hydrogen-bond donors (Lipinski definition) is 1. The van der Waals surface area contributed by atoms with Gasteiger partial charge in [0, 0.05) is 44.0 Å². The van der Waals surface area contributed by atoms with E-state index in [0.717, 1.165) is 34.0 Å². The number of fused-ring (bicyclic) bond motifs is 3. The number of amides is 1. The van der Waals surface area contributed by atoms with E-state index in [2.05, 4.69) is 56.9 Å². The first-order chi connectivity index (χ1) is 17.6. The largest absolute Gasteiger partial charge is 0.465 e. The Morgan fingerprint density at radius 3 is 2.81 bits per heavy atom. The highest BCUT2D eigenvalue weighted by Gasteiger charge is 2.61. The standard InChI is InChI=1S/C26H30BrClN6O3/c1-25(2,3)26-9-18(13-33(26)24(35)36)32(14-26)12-16-8-17(28)10-29-23(16)37-20-7-6-19-22(21(20)27)30-31-34(19)11-15-4-5-15/h6-8,10,15,18H,4-5,9,11-14H2,1-3H3,(H,35,36)/t18-,26+/m1/s1. The Balaban J connectivity index is 1.27. The summed E-state index contributed by atoms with van der Waals surface area (Å²) in [6.45, 7) is 8.97. The molecule has 3 fully saturated rings. The second-order valence-electron chi connectivity index (χ2n) is 11.6. The first-order valence-corrected chi connectivity index (χ1v) is 13.8. The summed E-state index contributed by atoms with van der Waals surface area (Å²) in [6.07, 6.45) is 4.04. The van der Waals surface area contributed by atoms with Gasteiger partial charge in [-0.25, -0.2) is 14.5 Å². The van der Waals surface area contributed by atoms with Crippen molar-refractivity contribution in [2.45, 2.75) is 64.7 Å². The van der Waals surface area contributed by atoms with Crippen molar-refractivity contribution in [1.29, 1.82) is 0 Å². The van der Waals surface area contributed by atoms with E-state index in [1.165, 1.54) is 12.8 Å². The first-order valence-electron chi connectivity index (χ1n) is 12.6. The van der Waals surface area contributed by atoms with Gasteiger partial charge in [0.25, 0.3) is 0 Å². The van der Waals surface area contributed by atoms with Crippen molar-refractivity contribution in [2.75, 3.05) is 13.1 Å². The minimum Gasteiger partial charge on any atom is -0.465 e. The number of carbonyl (C=O) groups is 1. The molecule has 4 heterocycles. The highest BCUT2D eigenvalue weighted by atomic mass is 79.9. The Labute approximate surface area is 228 Å². The van der Waals surface area contributed by atoms with Crippen molar-refractivity contribution in [1.82, 2.24) is 29.8 Å². The molecular weight excluding hydrogens is 560 g/mol. The number of piperazine rings is 1. The Kier molecular flexibility index (Phi) is 5.93. The summed E-state index contributed by atoms with van der Waals surface area (Å²) < 4.78 is 9.02. The molecule has 0 spiro atoms. The van der Waals surface area contributed by atoms with Gasteiger partial charge in [0.1, 0.15) is 11.3 Å². The van der Waals surface area contributed by atoms with Crippen LogP contribution in [0.5, 0.6) is 11.6 Å². The Hall–Kier alpha value is -2.43. The maximum Gasteiger partial charge on any atom is 0.407 e. The number of carboxylic acid groups (broad SMARTS) is 1. The van der Waals surface area contributed by atoms with Crippen LogP contribution in [-0.2, 0) is 13.1 Å². The van der Waals surface area contributed by atoms with E-state index >= 15 is 0 Å². The summed E-state index contributed by atoms with van der Waals surface area (Å²) in [4.78, 5) is 20.5. The Bertz CT molecular complexity index is 1390. The number of aromatic nitrogens is 4. The predicted molar refractivity (Wildman–Crippen MR) is 143 cm³/mol. The summed E-state index contributed by atoms with van der Waals surface area (Å²) in [5.74, 6) is 1.77. The average Bonchev–Trinajstić information content (AvgIpc) is 3.25.